The first-order valence-corrected chi connectivity index (χ1v) is 12.9. The van der Waals surface area contributed by atoms with Crippen molar-refractivity contribution in [3.05, 3.63) is 131 Å². The van der Waals surface area contributed by atoms with Crippen LogP contribution in [-0.4, -0.2) is 35.2 Å². The fourth-order valence-electron chi connectivity index (χ4n) is 4.89. The number of rotatable bonds is 6. The first kappa shape index (κ1) is 23.1. The minimum absolute atomic E-state index is 0.0497. The fraction of sp³-hybridized carbons (Fsp3) is 0.125. The molecular formula is C32H24N4O3. The highest BCUT2D eigenvalue weighted by molar-refractivity contribution is 6.02. The Morgan fingerprint density at radius 2 is 0.846 bits per heavy atom. The van der Waals surface area contributed by atoms with E-state index in [2.05, 4.69) is 34.5 Å². The lowest BCUT2D eigenvalue weighted by Crippen LogP contribution is -2.03. The smallest absolute Gasteiger partial charge is 0.248 e. The SMILES string of the molecule is c1ccc([C@@H]2COC(c3ccccc3-c3nnc(-c4ccccc4C4=N[C@H](c5ccccc5)CO4)o3)=N2)cc1. The van der Waals surface area contributed by atoms with Crippen molar-refractivity contribution in [2.24, 2.45) is 9.98 Å². The predicted molar refractivity (Wildman–Crippen MR) is 149 cm³/mol. The zero-order chi connectivity index (χ0) is 26.0. The molecule has 0 saturated carbocycles. The van der Waals surface area contributed by atoms with E-state index < -0.39 is 0 Å². The Kier molecular flexibility index (Phi) is 5.94. The van der Waals surface area contributed by atoms with E-state index in [1.54, 1.807) is 0 Å². The maximum atomic E-state index is 6.24. The van der Waals surface area contributed by atoms with Gasteiger partial charge in [0.15, 0.2) is 0 Å². The number of aliphatic imine (C=N–C) groups is 2. The molecule has 3 heterocycles. The van der Waals surface area contributed by atoms with Crippen LogP contribution in [0.3, 0.4) is 0 Å². The third kappa shape index (κ3) is 4.48. The van der Waals surface area contributed by atoms with Crippen molar-refractivity contribution in [1.29, 1.82) is 0 Å². The lowest BCUT2D eigenvalue weighted by atomic mass is 10.1. The molecule has 0 unspecified atom stereocenters. The molecule has 2 aliphatic rings. The highest BCUT2D eigenvalue weighted by Gasteiger charge is 2.27. The van der Waals surface area contributed by atoms with Crippen LogP contribution < -0.4 is 0 Å². The van der Waals surface area contributed by atoms with Crippen molar-refractivity contribution in [2.75, 3.05) is 13.2 Å². The van der Waals surface area contributed by atoms with Crippen molar-refractivity contribution in [3.8, 4) is 22.9 Å². The maximum absolute atomic E-state index is 6.24. The minimum atomic E-state index is -0.0497. The zero-order valence-electron chi connectivity index (χ0n) is 21.0. The average molecular weight is 513 g/mol. The van der Waals surface area contributed by atoms with E-state index >= 15 is 0 Å². The molecular weight excluding hydrogens is 488 g/mol. The zero-order valence-corrected chi connectivity index (χ0v) is 21.0. The van der Waals surface area contributed by atoms with Crippen LogP contribution in [-0.2, 0) is 9.47 Å². The second-order valence-electron chi connectivity index (χ2n) is 9.35. The second-order valence-corrected chi connectivity index (χ2v) is 9.35. The number of hydrogen-bond donors (Lipinski definition) is 0. The summed E-state index contributed by atoms with van der Waals surface area (Å²) in [5, 5.41) is 8.79. The van der Waals surface area contributed by atoms with Crippen LogP contribution >= 0.6 is 0 Å². The third-order valence-electron chi connectivity index (χ3n) is 6.87. The van der Waals surface area contributed by atoms with E-state index in [1.807, 2.05) is 84.9 Å². The van der Waals surface area contributed by atoms with Gasteiger partial charge in [0.05, 0.1) is 11.1 Å². The molecule has 0 aliphatic carbocycles. The second kappa shape index (κ2) is 10.0. The summed E-state index contributed by atoms with van der Waals surface area (Å²) in [6, 6.07) is 35.8. The first-order chi connectivity index (χ1) is 19.3. The van der Waals surface area contributed by atoms with Gasteiger partial charge in [0.1, 0.15) is 25.3 Å². The number of ether oxygens (including phenoxy) is 2. The molecule has 0 N–H and O–H groups in total. The van der Waals surface area contributed by atoms with E-state index in [9.17, 15) is 0 Å². The van der Waals surface area contributed by atoms with E-state index in [1.165, 1.54) is 0 Å². The highest BCUT2D eigenvalue weighted by atomic mass is 16.5. The van der Waals surface area contributed by atoms with Crippen LogP contribution in [0.1, 0.15) is 34.3 Å². The first-order valence-electron chi connectivity index (χ1n) is 12.9. The molecule has 5 aromatic rings. The Bertz CT molecular complexity index is 1550. The summed E-state index contributed by atoms with van der Waals surface area (Å²) < 4.78 is 18.3. The molecule has 190 valence electrons. The lowest BCUT2D eigenvalue weighted by Gasteiger charge is -2.06. The molecule has 2 atom stereocenters. The molecule has 2 aliphatic heterocycles. The molecule has 0 bridgehead atoms. The van der Waals surface area contributed by atoms with Gasteiger partial charge in [0.2, 0.25) is 23.6 Å². The summed E-state index contributed by atoms with van der Waals surface area (Å²) >= 11 is 0. The van der Waals surface area contributed by atoms with Crippen molar-refractivity contribution < 1.29 is 13.9 Å². The van der Waals surface area contributed by atoms with Gasteiger partial charge >= 0.3 is 0 Å². The van der Waals surface area contributed by atoms with E-state index in [4.69, 9.17) is 23.9 Å². The maximum Gasteiger partial charge on any atom is 0.248 e. The number of nitrogens with zero attached hydrogens (tertiary/aromatic N) is 4. The van der Waals surface area contributed by atoms with Gasteiger partial charge in [0, 0.05) is 11.1 Å². The van der Waals surface area contributed by atoms with Crippen molar-refractivity contribution >= 4 is 11.8 Å². The Labute approximate surface area is 225 Å². The standard InChI is InChI=1S/C32H24N4O3/c1-3-11-21(12-4-1)27-19-37-29(33-27)23-15-7-9-17-25(23)31-35-36-32(39-31)26-18-10-8-16-24(26)30-34-28(20-38-30)22-13-5-2-6-14-22/h1-18,27-28H,19-20H2/t27-,28-/m0/s1. The van der Waals surface area contributed by atoms with Gasteiger partial charge in [-0.3, -0.25) is 0 Å². The number of benzene rings is 4. The molecule has 39 heavy (non-hydrogen) atoms. The van der Waals surface area contributed by atoms with E-state index in [-0.39, 0.29) is 12.1 Å². The Balaban J connectivity index is 1.20. The van der Waals surface area contributed by atoms with Gasteiger partial charge in [-0.15, -0.1) is 10.2 Å². The molecule has 0 saturated heterocycles. The monoisotopic (exact) mass is 512 g/mol. The molecule has 0 fully saturated rings. The average Bonchev–Trinajstić information content (AvgIpc) is 3.79. The van der Waals surface area contributed by atoms with Crippen LogP contribution in [0.25, 0.3) is 22.9 Å². The van der Waals surface area contributed by atoms with Crippen LogP contribution in [0.5, 0.6) is 0 Å². The van der Waals surface area contributed by atoms with Crippen molar-refractivity contribution in [1.82, 2.24) is 10.2 Å². The summed E-state index contributed by atoms with van der Waals surface area (Å²) in [7, 11) is 0. The third-order valence-corrected chi connectivity index (χ3v) is 6.87. The van der Waals surface area contributed by atoms with Crippen molar-refractivity contribution in [2.45, 2.75) is 12.1 Å². The summed E-state index contributed by atoms with van der Waals surface area (Å²) in [6.45, 7) is 0.977. The van der Waals surface area contributed by atoms with Gasteiger partial charge in [-0.2, -0.15) is 0 Å². The normalized spacial score (nSPS) is 18.3. The molecule has 1 aromatic heterocycles. The van der Waals surface area contributed by atoms with Crippen molar-refractivity contribution in [3.63, 3.8) is 0 Å². The Hall–Kier alpha value is -5.04. The summed E-state index contributed by atoms with van der Waals surface area (Å²) in [4.78, 5) is 9.70. The molecule has 0 spiro atoms. The van der Waals surface area contributed by atoms with E-state index in [0.29, 0.717) is 36.8 Å². The van der Waals surface area contributed by atoms with Gasteiger partial charge in [-0.05, 0) is 35.4 Å². The summed E-state index contributed by atoms with van der Waals surface area (Å²) in [5.74, 6) is 1.92. The number of aromatic nitrogens is 2. The number of hydrogen-bond acceptors (Lipinski definition) is 7. The molecule has 0 radical (unpaired) electrons. The van der Waals surface area contributed by atoms with Gasteiger partial charge in [-0.1, -0.05) is 84.9 Å². The highest BCUT2D eigenvalue weighted by Crippen LogP contribution is 2.33. The molecule has 7 rings (SSSR count). The largest absolute Gasteiger partial charge is 0.475 e. The van der Waals surface area contributed by atoms with Crippen LogP contribution in [0.2, 0.25) is 0 Å². The summed E-state index contributed by atoms with van der Waals surface area (Å²) in [5.41, 5.74) is 5.39. The molecule has 7 nitrogen and oxygen atoms in total. The quantitative estimate of drug-likeness (QED) is 0.262. The Morgan fingerprint density at radius 1 is 0.462 bits per heavy atom. The van der Waals surface area contributed by atoms with Gasteiger partial charge in [0.25, 0.3) is 0 Å². The molecule has 7 heteroatoms. The fourth-order valence-corrected chi connectivity index (χ4v) is 4.89. The molecule has 4 aromatic carbocycles. The van der Waals surface area contributed by atoms with E-state index in [0.717, 1.165) is 33.4 Å². The molecule has 0 amide bonds. The van der Waals surface area contributed by atoms with Gasteiger partial charge in [-0.25, -0.2) is 9.98 Å². The Morgan fingerprint density at radius 3 is 1.28 bits per heavy atom. The topological polar surface area (TPSA) is 82.1 Å². The van der Waals surface area contributed by atoms with Gasteiger partial charge < -0.3 is 13.9 Å². The summed E-state index contributed by atoms with van der Waals surface area (Å²) in [6.07, 6.45) is 0. The minimum Gasteiger partial charge on any atom is -0.475 e. The van der Waals surface area contributed by atoms with Crippen LogP contribution in [0.15, 0.2) is 124 Å². The van der Waals surface area contributed by atoms with Crippen LogP contribution in [0.4, 0.5) is 0 Å². The lowest BCUT2D eigenvalue weighted by molar-refractivity contribution is 0.319. The predicted octanol–water partition coefficient (Wildman–Crippen LogP) is 6.44. The van der Waals surface area contributed by atoms with Crippen LogP contribution in [0, 0.1) is 0 Å².